The second kappa shape index (κ2) is 14.3. The molecular formula is C34H32N2O4S2. The van der Waals surface area contributed by atoms with E-state index in [2.05, 4.69) is 59.5 Å². The zero-order chi connectivity index (χ0) is 29.3. The van der Waals surface area contributed by atoms with Gasteiger partial charge in [0.05, 0.1) is 5.25 Å². The summed E-state index contributed by atoms with van der Waals surface area (Å²) in [6.45, 7) is 2.19. The predicted octanol–water partition coefficient (Wildman–Crippen LogP) is 6.32. The quantitative estimate of drug-likeness (QED) is 0.181. The van der Waals surface area contributed by atoms with Gasteiger partial charge in [-0.05, 0) is 34.7 Å². The van der Waals surface area contributed by atoms with Crippen molar-refractivity contribution in [3.63, 3.8) is 0 Å². The van der Waals surface area contributed by atoms with Crippen molar-refractivity contribution in [2.75, 3.05) is 6.54 Å². The Balaban J connectivity index is 1.41. The Morgan fingerprint density at radius 1 is 0.810 bits per heavy atom. The molecule has 1 amide bonds. The van der Waals surface area contributed by atoms with Gasteiger partial charge in [-0.2, -0.15) is 0 Å². The fraction of sp³-hybridized carbons (Fsp3) is 0.206. The Labute approximate surface area is 255 Å². The van der Waals surface area contributed by atoms with Crippen molar-refractivity contribution in [1.29, 1.82) is 0 Å². The third kappa shape index (κ3) is 8.06. The van der Waals surface area contributed by atoms with E-state index in [-0.39, 0.29) is 5.91 Å². The molecule has 1 atom stereocenters. The zero-order valence-electron chi connectivity index (χ0n) is 23.1. The molecule has 0 saturated carbocycles. The monoisotopic (exact) mass is 596 g/mol. The zero-order valence-corrected chi connectivity index (χ0v) is 24.7. The van der Waals surface area contributed by atoms with Gasteiger partial charge in [-0.3, -0.25) is 19.4 Å². The third-order valence-electron chi connectivity index (χ3n) is 6.97. The Bertz CT molecular complexity index is 1480. The number of amides is 1. The number of thiocarbonyl (C=S) groups is 1. The summed E-state index contributed by atoms with van der Waals surface area (Å²) < 4.78 is 6.67. The molecule has 42 heavy (non-hydrogen) atoms. The fourth-order valence-corrected chi connectivity index (χ4v) is 6.50. The van der Waals surface area contributed by atoms with Crippen LogP contribution in [0.1, 0.15) is 27.8 Å². The third-order valence-corrected chi connectivity index (χ3v) is 8.56. The van der Waals surface area contributed by atoms with Crippen molar-refractivity contribution < 1.29 is 19.4 Å². The van der Waals surface area contributed by atoms with Crippen molar-refractivity contribution in [1.82, 2.24) is 9.80 Å². The van der Waals surface area contributed by atoms with Crippen LogP contribution in [-0.4, -0.2) is 42.9 Å². The number of carbonyl (C=O) groups excluding carboxylic acids is 1. The average Bonchev–Trinajstić information content (AvgIpc) is 3.25. The highest BCUT2D eigenvalue weighted by Gasteiger charge is 2.37. The molecule has 0 aromatic heterocycles. The minimum atomic E-state index is -1.08. The highest BCUT2D eigenvalue weighted by molar-refractivity contribution is 8.24. The summed E-state index contributed by atoms with van der Waals surface area (Å²) in [5.74, 6) is -0.540. The number of carboxylic acid groups (broad SMARTS) is 1. The Kier molecular flexibility index (Phi) is 10.0. The van der Waals surface area contributed by atoms with Gasteiger partial charge in [-0.15, -0.1) is 0 Å². The molecule has 1 unspecified atom stereocenters. The van der Waals surface area contributed by atoms with Crippen molar-refractivity contribution in [2.45, 2.75) is 37.9 Å². The lowest BCUT2D eigenvalue weighted by atomic mass is 10.0. The van der Waals surface area contributed by atoms with Gasteiger partial charge >= 0.3 is 5.97 Å². The predicted molar refractivity (Wildman–Crippen MR) is 170 cm³/mol. The second-order valence-corrected chi connectivity index (χ2v) is 12.1. The number of ether oxygens (including phenoxy) is 1. The molecule has 4 aromatic carbocycles. The maximum absolute atomic E-state index is 13.0. The van der Waals surface area contributed by atoms with Crippen LogP contribution in [0.5, 0.6) is 5.75 Å². The van der Waals surface area contributed by atoms with E-state index in [1.807, 2.05) is 54.6 Å². The number of aliphatic carboxylic acids is 1. The molecule has 214 valence electrons. The molecule has 8 heteroatoms. The van der Waals surface area contributed by atoms with E-state index < -0.39 is 17.8 Å². The van der Waals surface area contributed by atoms with Gasteiger partial charge in [0, 0.05) is 25.2 Å². The summed E-state index contributed by atoms with van der Waals surface area (Å²) in [7, 11) is 0. The molecule has 1 aliphatic heterocycles. The molecule has 4 aromatic rings. The number of rotatable bonds is 13. The van der Waals surface area contributed by atoms with Crippen molar-refractivity contribution >= 4 is 40.2 Å². The standard InChI is InChI=1S/C34H32N2O4S2/c37-32(38)23-36-33(39)31(42-34(36)41)19-28-16-17-30(40-24-27-14-8-3-9-15-27)29(18-28)22-35(20-25-10-4-1-5-11-25)21-26-12-6-2-7-13-26/h1-18,31H,19-24H2,(H,37,38). The first-order chi connectivity index (χ1) is 20.4. The van der Waals surface area contributed by atoms with Crippen LogP contribution in [0.25, 0.3) is 0 Å². The SMILES string of the molecule is O=C(O)CN1C(=O)C(Cc2ccc(OCc3ccccc3)c(CN(Cc3ccccc3)Cc3ccccc3)c2)SC1=S. The first-order valence-corrected chi connectivity index (χ1v) is 15.1. The summed E-state index contributed by atoms with van der Waals surface area (Å²) in [5, 5.41) is 8.75. The topological polar surface area (TPSA) is 70.1 Å². The fourth-order valence-electron chi connectivity index (χ4n) is 4.97. The maximum atomic E-state index is 13.0. The van der Waals surface area contributed by atoms with E-state index in [1.54, 1.807) is 0 Å². The van der Waals surface area contributed by atoms with E-state index in [0.29, 0.717) is 23.9 Å². The molecule has 0 aliphatic carbocycles. The number of carboxylic acids is 1. The van der Waals surface area contributed by atoms with E-state index in [4.69, 9.17) is 17.0 Å². The van der Waals surface area contributed by atoms with Crippen LogP contribution in [-0.2, 0) is 42.3 Å². The van der Waals surface area contributed by atoms with Crippen LogP contribution < -0.4 is 4.74 Å². The molecule has 6 nitrogen and oxygen atoms in total. The van der Waals surface area contributed by atoms with Crippen LogP contribution in [0.3, 0.4) is 0 Å². The van der Waals surface area contributed by atoms with Gasteiger partial charge in [0.25, 0.3) is 0 Å². The normalized spacial score (nSPS) is 14.9. The van der Waals surface area contributed by atoms with Crippen LogP contribution >= 0.6 is 24.0 Å². The van der Waals surface area contributed by atoms with Crippen molar-refractivity contribution in [3.8, 4) is 5.75 Å². The second-order valence-electron chi connectivity index (χ2n) is 10.2. The lowest BCUT2D eigenvalue weighted by Gasteiger charge is -2.25. The molecule has 1 N–H and O–H groups in total. The van der Waals surface area contributed by atoms with E-state index >= 15 is 0 Å². The Morgan fingerprint density at radius 3 is 1.95 bits per heavy atom. The molecule has 0 spiro atoms. The van der Waals surface area contributed by atoms with Crippen LogP contribution in [0.2, 0.25) is 0 Å². The molecule has 1 fully saturated rings. The van der Waals surface area contributed by atoms with Gasteiger partial charge in [0.1, 0.15) is 23.2 Å². The molecule has 0 bridgehead atoms. The maximum Gasteiger partial charge on any atom is 0.323 e. The van der Waals surface area contributed by atoms with Crippen LogP contribution in [0.4, 0.5) is 0 Å². The molecule has 1 aliphatic rings. The minimum Gasteiger partial charge on any atom is -0.489 e. The Hall–Kier alpha value is -3.98. The molecular weight excluding hydrogens is 565 g/mol. The van der Waals surface area contributed by atoms with Crippen LogP contribution in [0.15, 0.2) is 109 Å². The number of nitrogens with zero attached hydrogens (tertiary/aromatic N) is 2. The summed E-state index contributed by atoms with van der Waals surface area (Å²) in [6, 6.07) is 36.9. The van der Waals surface area contributed by atoms with E-state index in [1.165, 1.54) is 27.8 Å². The smallest absolute Gasteiger partial charge is 0.323 e. The van der Waals surface area contributed by atoms with Crippen molar-refractivity contribution in [2.24, 2.45) is 0 Å². The Morgan fingerprint density at radius 2 is 1.38 bits per heavy atom. The first-order valence-electron chi connectivity index (χ1n) is 13.8. The molecule has 1 saturated heterocycles. The average molecular weight is 597 g/mol. The highest BCUT2D eigenvalue weighted by Crippen LogP contribution is 2.32. The van der Waals surface area contributed by atoms with Gasteiger partial charge in [-0.1, -0.05) is 127 Å². The minimum absolute atomic E-state index is 0.256. The van der Waals surface area contributed by atoms with Gasteiger partial charge in [-0.25, -0.2) is 0 Å². The largest absolute Gasteiger partial charge is 0.489 e. The van der Waals surface area contributed by atoms with E-state index in [0.717, 1.165) is 35.5 Å². The number of carbonyl (C=O) groups is 2. The number of hydrogen-bond acceptors (Lipinski definition) is 6. The van der Waals surface area contributed by atoms with Crippen LogP contribution in [0, 0.1) is 0 Å². The summed E-state index contributed by atoms with van der Waals surface area (Å²) in [4.78, 5) is 27.8. The van der Waals surface area contributed by atoms with Gasteiger partial charge in [0.2, 0.25) is 5.91 Å². The van der Waals surface area contributed by atoms with Gasteiger partial charge in [0.15, 0.2) is 0 Å². The molecule has 0 radical (unpaired) electrons. The van der Waals surface area contributed by atoms with Gasteiger partial charge < -0.3 is 9.84 Å². The summed E-state index contributed by atoms with van der Waals surface area (Å²) in [5.41, 5.74) is 5.52. The lowest BCUT2D eigenvalue weighted by Crippen LogP contribution is -2.36. The first kappa shape index (κ1) is 29.5. The van der Waals surface area contributed by atoms with E-state index in [9.17, 15) is 14.7 Å². The lowest BCUT2D eigenvalue weighted by molar-refractivity contribution is -0.141. The van der Waals surface area contributed by atoms with Crippen molar-refractivity contribution in [3.05, 3.63) is 137 Å². The number of benzene rings is 4. The number of hydrogen-bond donors (Lipinski definition) is 1. The molecule has 5 rings (SSSR count). The number of thioether (sulfide) groups is 1. The molecule has 1 heterocycles. The highest BCUT2D eigenvalue weighted by atomic mass is 32.2. The summed E-state index contributed by atoms with van der Waals surface area (Å²) in [6.07, 6.45) is 0.448. The summed E-state index contributed by atoms with van der Waals surface area (Å²) >= 11 is 6.57.